The first-order valence-electron chi connectivity index (χ1n) is 4.72. The molecule has 0 bridgehead atoms. The molecule has 0 aliphatic carbocycles. The lowest BCUT2D eigenvalue weighted by molar-refractivity contribution is 0.0696. The van der Waals surface area contributed by atoms with Crippen molar-refractivity contribution in [2.75, 3.05) is 0 Å². The van der Waals surface area contributed by atoms with Crippen LogP contribution in [0.3, 0.4) is 0 Å². The SMILES string of the molecule is O=C(O)c1cc(-c2cccc(Br)c2)cnc1Cl. The van der Waals surface area contributed by atoms with Crippen LogP contribution >= 0.6 is 27.5 Å². The average Bonchev–Trinajstić information content (AvgIpc) is 2.29. The van der Waals surface area contributed by atoms with Gasteiger partial charge in [-0.1, -0.05) is 39.7 Å². The zero-order valence-electron chi connectivity index (χ0n) is 8.52. The second-order valence-electron chi connectivity index (χ2n) is 3.38. The fourth-order valence-electron chi connectivity index (χ4n) is 1.42. The molecule has 1 aromatic heterocycles. The molecule has 1 N–H and O–H groups in total. The highest BCUT2D eigenvalue weighted by atomic mass is 79.9. The van der Waals surface area contributed by atoms with Crippen LogP contribution in [0.1, 0.15) is 10.4 Å². The number of aromatic carboxylic acids is 1. The second-order valence-corrected chi connectivity index (χ2v) is 4.65. The summed E-state index contributed by atoms with van der Waals surface area (Å²) >= 11 is 9.07. The molecule has 0 amide bonds. The minimum absolute atomic E-state index is 0.00348. The van der Waals surface area contributed by atoms with E-state index in [1.807, 2.05) is 24.3 Å². The van der Waals surface area contributed by atoms with E-state index in [1.54, 1.807) is 6.20 Å². The number of benzene rings is 1. The number of rotatable bonds is 2. The van der Waals surface area contributed by atoms with Crippen LogP contribution in [0.15, 0.2) is 41.0 Å². The van der Waals surface area contributed by atoms with Crippen LogP contribution in [0.2, 0.25) is 5.15 Å². The fraction of sp³-hybridized carbons (Fsp3) is 0. The van der Waals surface area contributed by atoms with Crippen LogP contribution in [0.4, 0.5) is 0 Å². The van der Waals surface area contributed by atoms with Gasteiger partial charge in [0.1, 0.15) is 5.15 Å². The molecule has 0 aliphatic heterocycles. The summed E-state index contributed by atoms with van der Waals surface area (Å²) in [6.45, 7) is 0. The molecule has 86 valence electrons. The van der Waals surface area contributed by atoms with Crippen molar-refractivity contribution in [2.24, 2.45) is 0 Å². The Balaban J connectivity index is 2.54. The molecule has 1 heterocycles. The third-order valence-electron chi connectivity index (χ3n) is 2.23. The molecular formula is C12H7BrClNO2. The molecule has 0 unspecified atom stereocenters. The summed E-state index contributed by atoms with van der Waals surface area (Å²) in [6.07, 6.45) is 1.55. The molecule has 2 rings (SSSR count). The summed E-state index contributed by atoms with van der Waals surface area (Å²) in [5, 5.41) is 8.95. The maximum Gasteiger partial charge on any atom is 0.338 e. The Morgan fingerprint density at radius 3 is 2.71 bits per heavy atom. The van der Waals surface area contributed by atoms with Gasteiger partial charge in [0.15, 0.2) is 0 Å². The van der Waals surface area contributed by atoms with Gasteiger partial charge in [-0.15, -0.1) is 0 Å². The topological polar surface area (TPSA) is 50.2 Å². The zero-order valence-corrected chi connectivity index (χ0v) is 10.9. The highest BCUT2D eigenvalue weighted by molar-refractivity contribution is 9.10. The van der Waals surface area contributed by atoms with Crippen LogP contribution < -0.4 is 0 Å². The van der Waals surface area contributed by atoms with E-state index in [1.165, 1.54) is 6.07 Å². The van der Waals surface area contributed by atoms with Crippen molar-refractivity contribution in [2.45, 2.75) is 0 Å². The zero-order chi connectivity index (χ0) is 12.4. The average molecular weight is 313 g/mol. The molecule has 5 heteroatoms. The monoisotopic (exact) mass is 311 g/mol. The first-order chi connectivity index (χ1) is 8.08. The lowest BCUT2D eigenvalue weighted by Gasteiger charge is -2.04. The van der Waals surface area contributed by atoms with Gasteiger partial charge in [-0.2, -0.15) is 0 Å². The summed E-state index contributed by atoms with van der Waals surface area (Å²) in [5.74, 6) is -1.08. The van der Waals surface area contributed by atoms with Gasteiger partial charge in [0.25, 0.3) is 0 Å². The molecule has 2 aromatic rings. The highest BCUT2D eigenvalue weighted by Gasteiger charge is 2.11. The minimum Gasteiger partial charge on any atom is -0.478 e. The Morgan fingerprint density at radius 1 is 1.29 bits per heavy atom. The molecule has 0 atom stereocenters. The molecule has 1 aromatic carbocycles. The Labute approximate surface area is 111 Å². The number of nitrogens with zero attached hydrogens (tertiary/aromatic N) is 1. The van der Waals surface area contributed by atoms with Crippen LogP contribution in [0.5, 0.6) is 0 Å². The van der Waals surface area contributed by atoms with Gasteiger partial charge < -0.3 is 5.11 Å². The largest absolute Gasteiger partial charge is 0.478 e. The van der Waals surface area contributed by atoms with Crippen molar-refractivity contribution >= 4 is 33.5 Å². The summed E-state index contributed by atoms with van der Waals surface area (Å²) < 4.78 is 0.918. The van der Waals surface area contributed by atoms with Crippen molar-refractivity contribution < 1.29 is 9.90 Å². The van der Waals surface area contributed by atoms with Gasteiger partial charge in [-0.25, -0.2) is 9.78 Å². The summed E-state index contributed by atoms with van der Waals surface area (Å²) in [4.78, 5) is 14.8. The van der Waals surface area contributed by atoms with Gasteiger partial charge in [-0.05, 0) is 23.8 Å². The maximum atomic E-state index is 10.9. The Kier molecular flexibility index (Phi) is 3.45. The summed E-state index contributed by atoms with van der Waals surface area (Å²) in [6, 6.07) is 9.04. The number of hydrogen-bond donors (Lipinski definition) is 1. The van der Waals surface area contributed by atoms with E-state index in [-0.39, 0.29) is 10.7 Å². The number of pyridine rings is 1. The first kappa shape index (κ1) is 12.1. The predicted molar refractivity (Wildman–Crippen MR) is 69.3 cm³/mol. The molecule has 0 saturated heterocycles. The number of hydrogen-bond acceptors (Lipinski definition) is 2. The van der Waals surface area contributed by atoms with E-state index < -0.39 is 5.97 Å². The van der Waals surface area contributed by atoms with Crippen molar-refractivity contribution in [3.8, 4) is 11.1 Å². The predicted octanol–water partition coefficient (Wildman–Crippen LogP) is 3.86. The van der Waals surface area contributed by atoms with E-state index in [9.17, 15) is 4.79 Å². The Morgan fingerprint density at radius 2 is 2.06 bits per heavy atom. The molecule has 0 saturated carbocycles. The van der Waals surface area contributed by atoms with E-state index in [0.717, 1.165) is 10.0 Å². The lowest BCUT2D eigenvalue weighted by Crippen LogP contribution is -1.99. The van der Waals surface area contributed by atoms with Crippen molar-refractivity contribution in [3.05, 3.63) is 51.7 Å². The number of carboxylic acid groups (broad SMARTS) is 1. The molecular weight excluding hydrogens is 305 g/mol. The molecule has 3 nitrogen and oxygen atoms in total. The van der Waals surface area contributed by atoms with Crippen LogP contribution in [0, 0.1) is 0 Å². The van der Waals surface area contributed by atoms with Gasteiger partial charge in [-0.3, -0.25) is 0 Å². The summed E-state index contributed by atoms with van der Waals surface area (Å²) in [5.41, 5.74) is 1.60. The lowest BCUT2D eigenvalue weighted by atomic mass is 10.1. The third kappa shape index (κ3) is 2.65. The van der Waals surface area contributed by atoms with Gasteiger partial charge >= 0.3 is 5.97 Å². The molecule has 0 aliphatic rings. The number of carboxylic acids is 1. The first-order valence-corrected chi connectivity index (χ1v) is 5.90. The van der Waals surface area contributed by atoms with E-state index in [4.69, 9.17) is 16.7 Å². The quantitative estimate of drug-likeness (QED) is 0.857. The number of aromatic nitrogens is 1. The number of carbonyl (C=O) groups is 1. The Hall–Kier alpha value is -1.39. The second kappa shape index (κ2) is 4.85. The van der Waals surface area contributed by atoms with Crippen molar-refractivity contribution in [1.82, 2.24) is 4.98 Å². The molecule has 17 heavy (non-hydrogen) atoms. The number of halogens is 2. The van der Waals surface area contributed by atoms with Gasteiger partial charge in [0, 0.05) is 16.2 Å². The molecule has 0 radical (unpaired) electrons. The summed E-state index contributed by atoms with van der Waals surface area (Å²) in [7, 11) is 0. The normalized spacial score (nSPS) is 10.2. The van der Waals surface area contributed by atoms with Crippen LogP contribution in [-0.2, 0) is 0 Å². The standard InChI is InChI=1S/C12H7BrClNO2/c13-9-3-1-2-7(4-9)8-5-10(12(16)17)11(14)15-6-8/h1-6H,(H,16,17). The van der Waals surface area contributed by atoms with Crippen LogP contribution in [-0.4, -0.2) is 16.1 Å². The maximum absolute atomic E-state index is 10.9. The fourth-order valence-corrected chi connectivity index (χ4v) is 2.01. The highest BCUT2D eigenvalue weighted by Crippen LogP contribution is 2.25. The van der Waals surface area contributed by atoms with E-state index >= 15 is 0 Å². The molecule has 0 fully saturated rings. The smallest absolute Gasteiger partial charge is 0.338 e. The minimum atomic E-state index is -1.08. The Bertz CT molecular complexity index is 586. The van der Waals surface area contributed by atoms with Gasteiger partial charge in [0.05, 0.1) is 5.56 Å². The van der Waals surface area contributed by atoms with Crippen molar-refractivity contribution in [1.29, 1.82) is 0 Å². The third-order valence-corrected chi connectivity index (χ3v) is 3.02. The molecule has 0 spiro atoms. The van der Waals surface area contributed by atoms with Crippen LogP contribution in [0.25, 0.3) is 11.1 Å². The van der Waals surface area contributed by atoms with Crippen molar-refractivity contribution in [3.63, 3.8) is 0 Å². The van der Waals surface area contributed by atoms with E-state index in [2.05, 4.69) is 20.9 Å². The van der Waals surface area contributed by atoms with Gasteiger partial charge in [0.2, 0.25) is 0 Å². The van der Waals surface area contributed by atoms with E-state index in [0.29, 0.717) is 5.56 Å².